The third kappa shape index (κ3) is 3.86. The number of terminal acetylenes is 1. The lowest BCUT2D eigenvalue weighted by Gasteiger charge is -2.09. The van der Waals surface area contributed by atoms with E-state index < -0.39 is 18.5 Å². The first kappa shape index (κ1) is 17.5. The predicted octanol–water partition coefficient (Wildman–Crippen LogP) is 0.953. The molecule has 7 nitrogen and oxygen atoms in total. The molecular formula is C19H17NO6. The van der Waals surface area contributed by atoms with Gasteiger partial charge in [0.15, 0.2) is 13.2 Å². The van der Waals surface area contributed by atoms with E-state index in [0.717, 1.165) is 35.8 Å². The molecule has 0 spiro atoms. The number of rotatable bonds is 6. The van der Waals surface area contributed by atoms with Gasteiger partial charge in [-0.05, 0) is 37.0 Å². The molecule has 1 heterocycles. The van der Waals surface area contributed by atoms with E-state index in [-0.39, 0.29) is 18.8 Å². The van der Waals surface area contributed by atoms with Crippen LogP contribution < -0.4 is 15.7 Å². The molecule has 1 aromatic heterocycles. The summed E-state index contributed by atoms with van der Waals surface area (Å²) in [5.41, 5.74) is 1.88. The summed E-state index contributed by atoms with van der Waals surface area (Å²) in [5, 5.41) is 3.26. The summed E-state index contributed by atoms with van der Waals surface area (Å²) >= 11 is 0. The Morgan fingerprint density at radius 3 is 2.85 bits per heavy atom. The Labute approximate surface area is 149 Å². The van der Waals surface area contributed by atoms with E-state index in [9.17, 15) is 14.4 Å². The minimum Gasteiger partial charge on any atom is -0.482 e. The summed E-state index contributed by atoms with van der Waals surface area (Å²) in [7, 11) is 0. The summed E-state index contributed by atoms with van der Waals surface area (Å²) in [6.07, 6.45) is 7.54. The summed E-state index contributed by atoms with van der Waals surface area (Å²) in [6.45, 7) is -0.732. The van der Waals surface area contributed by atoms with E-state index in [1.54, 1.807) is 12.1 Å². The van der Waals surface area contributed by atoms with Gasteiger partial charge >= 0.3 is 11.6 Å². The molecule has 0 atom stereocenters. The lowest BCUT2D eigenvalue weighted by molar-refractivity contribution is -0.150. The molecule has 26 heavy (non-hydrogen) atoms. The average Bonchev–Trinajstić information content (AvgIpc) is 3.13. The Kier molecular flexibility index (Phi) is 5.23. The molecule has 0 bridgehead atoms. The molecule has 1 amide bonds. The molecule has 0 saturated carbocycles. The minimum absolute atomic E-state index is 0.0683. The number of carbonyl (C=O) groups excluding carboxylic acids is 2. The van der Waals surface area contributed by atoms with Crippen LogP contribution in [0, 0.1) is 12.3 Å². The molecule has 134 valence electrons. The van der Waals surface area contributed by atoms with Crippen molar-refractivity contribution in [1.82, 2.24) is 5.32 Å². The molecule has 1 aliphatic rings. The van der Waals surface area contributed by atoms with E-state index >= 15 is 0 Å². The molecule has 0 saturated heterocycles. The first-order chi connectivity index (χ1) is 12.6. The molecule has 3 rings (SSSR count). The van der Waals surface area contributed by atoms with Crippen LogP contribution in [0.3, 0.4) is 0 Å². The van der Waals surface area contributed by atoms with Crippen LogP contribution in [0.4, 0.5) is 0 Å². The first-order valence-corrected chi connectivity index (χ1v) is 8.15. The fourth-order valence-electron chi connectivity index (χ4n) is 2.88. The van der Waals surface area contributed by atoms with Gasteiger partial charge in [-0.25, -0.2) is 9.59 Å². The van der Waals surface area contributed by atoms with Crippen molar-refractivity contribution in [1.29, 1.82) is 0 Å². The molecule has 0 unspecified atom stereocenters. The van der Waals surface area contributed by atoms with Crippen LogP contribution in [-0.2, 0) is 27.2 Å². The van der Waals surface area contributed by atoms with Gasteiger partial charge in [-0.1, -0.05) is 5.92 Å². The monoisotopic (exact) mass is 355 g/mol. The lowest BCUT2D eigenvalue weighted by Crippen LogP contribution is -2.30. The number of carbonyl (C=O) groups is 2. The van der Waals surface area contributed by atoms with Crippen molar-refractivity contribution in [3.05, 3.63) is 39.7 Å². The highest BCUT2D eigenvalue weighted by molar-refractivity contribution is 5.83. The molecule has 1 N–H and O–H groups in total. The van der Waals surface area contributed by atoms with Crippen LogP contribution in [0.25, 0.3) is 11.0 Å². The Hall–Kier alpha value is -3.27. The number of nitrogens with one attached hydrogen (secondary N) is 1. The second-order valence-corrected chi connectivity index (χ2v) is 5.79. The average molecular weight is 355 g/mol. The largest absolute Gasteiger partial charge is 0.482 e. The van der Waals surface area contributed by atoms with Gasteiger partial charge < -0.3 is 19.2 Å². The fourth-order valence-corrected chi connectivity index (χ4v) is 2.88. The molecule has 2 aromatic rings. The van der Waals surface area contributed by atoms with Crippen molar-refractivity contribution >= 4 is 22.8 Å². The van der Waals surface area contributed by atoms with Gasteiger partial charge in [0.1, 0.15) is 11.3 Å². The highest BCUT2D eigenvalue weighted by Gasteiger charge is 2.19. The Morgan fingerprint density at radius 1 is 1.23 bits per heavy atom. The number of esters is 1. The molecule has 0 aliphatic heterocycles. The summed E-state index contributed by atoms with van der Waals surface area (Å²) in [6, 6.07) is 5.09. The van der Waals surface area contributed by atoms with Crippen LogP contribution in [0.5, 0.6) is 5.75 Å². The smallest absolute Gasteiger partial charge is 0.344 e. The maximum absolute atomic E-state index is 12.0. The number of ether oxygens (including phenoxy) is 2. The number of amides is 1. The van der Waals surface area contributed by atoms with Gasteiger partial charge in [0.25, 0.3) is 5.91 Å². The summed E-state index contributed by atoms with van der Waals surface area (Å²) in [4.78, 5) is 34.9. The van der Waals surface area contributed by atoms with Crippen LogP contribution in [-0.4, -0.2) is 31.6 Å². The van der Waals surface area contributed by atoms with E-state index in [2.05, 4.69) is 11.2 Å². The van der Waals surface area contributed by atoms with Crippen LogP contribution in [0.2, 0.25) is 0 Å². The summed E-state index contributed by atoms with van der Waals surface area (Å²) < 4.78 is 15.5. The van der Waals surface area contributed by atoms with Crippen molar-refractivity contribution in [2.45, 2.75) is 19.3 Å². The topological polar surface area (TPSA) is 94.8 Å². The normalized spacial score (nSPS) is 12.3. The van der Waals surface area contributed by atoms with Crippen LogP contribution in [0.15, 0.2) is 27.4 Å². The van der Waals surface area contributed by atoms with Crippen LogP contribution >= 0.6 is 0 Å². The number of fused-ring (bicyclic) bond motifs is 3. The Bertz CT molecular complexity index is 953. The number of hydrogen-bond donors (Lipinski definition) is 1. The van der Waals surface area contributed by atoms with E-state index in [1.165, 1.54) is 0 Å². The Morgan fingerprint density at radius 2 is 2.04 bits per heavy atom. The third-order valence-corrected chi connectivity index (χ3v) is 4.05. The quantitative estimate of drug-likeness (QED) is 0.471. The van der Waals surface area contributed by atoms with Gasteiger partial charge in [0.05, 0.1) is 6.54 Å². The molecule has 0 fully saturated rings. The maximum Gasteiger partial charge on any atom is 0.344 e. The second-order valence-electron chi connectivity index (χ2n) is 5.79. The maximum atomic E-state index is 12.0. The zero-order valence-corrected chi connectivity index (χ0v) is 14.0. The van der Waals surface area contributed by atoms with E-state index in [1.807, 2.05) is 6.07 Å². The third-order valence-electron chi connectivity index (χ3n) is 4.05. The van der Waals surface area contributed by atoms with Gasteiger partial charge in [0, 0.05) is 17.0 Å². The van der Waals surface area contributed by atoms with Crippen molar-refractivity contribution < 1.29 is 23.5 Å². The highest BCUT2D eigenvalue weighted by atomic mass is 16.6. The predicted molar refractivity (Wildman–Crippen MR) is 92.8 cm³/mol. The zero-order chi connectivity index (χ0) is 18.5. The fraction of sp³-hybridized carbons (Fsp3) is 0.316. The number of benzene rings is 1. The van der Waals surface area contributed by atoms with Crippen molar-refractivity contribution in [2.24, 2.45) is 0 Å². The van der Waals surface area contributed by atoms with Gasteiger partial charge in [0.2, 0.25) is 0 Å². The Balaban J connectivity index is 1.60. The highest BCUT2D eigenvalue weighted by Crippen LogP contribution is 2.29. The van der Waals surface area contributed by atoms with Crippen LogP contribution in [0.1, 0.15) is 17.5 Å². The standard InChI is InChI=1S/C19H17NO6/c1-2-8-20-17(21)10-25-18(22)11-24-12-6-7-14-13-4-3-5-15(13)19(23)26-16(14)9-12/h1,6-7,9H,3-5,8,10-11H2,(H,20,21). The SMILES string of the molecule is C#CCNC(=O)COC(=O)COc1ccc2c3c(c(=O)oc2c1)CCC3. The van der Waals surface area contributed by atoms with Crippen molar-refractivity contribution in [3.63, 3.8) is 0 Å². The summed E-state index contributed by atoms with van der Waals surface area (Å²) in [5.74, 6) is 1.42. The number of hydrogen-bond acceptors (Lipinski definition) is 6. The molecule has 1 aliphatic carbocycles. The van der Waals surface area contributed by atoms with Gasteiger partial charge in [-0.3, -0.25) is 4.79 Å². The molecule has 0 radical (unpaired) electrons. The van der Waals surface area contributed by atoms with Gasteiger partial charge in [-0.15, -0.1) is 6.42 Å². The molecule has 1 aromatic carbocycles. The van der Waals surface area contributed by atoms with E-state index in [4.69, 9.17) is 20.3 Å². The molecule has 7 heteroatoms. The molecular weight excluding hydrogens is 338 g/mol. The zero-order valence-electron chi connectivity index (χ0n) is 14.0. The van der Waals surface area contributed by atoms with Gasteiger partial charge in [-0.2, -0.15) is 0 Å². The minimum atomic E-state index is -0.698. The lowest BCUT2D eigenvalue weighted by atomic mass is 10.1. The second kappa shape index (κ2) is 7.74. The van der Waals surface area contributed by atoms with Crippen molar-refractivity contribution in [2.75, 3.05) is 19.8 Å². The first-order valence-electron chi connectivity index (χ1n) is 8.15. The van der Waals surface area contributed by atoms with Crippen molar-refractivity contribution in [3.8, 4) is 18.1 Å². The van der Waals surface area contributed by atoms with E-state index in [0.29, 0.717) is 11.3 Å². The number of aryl methyl sites for hydroxylation is 1.